The minimum atomic E-state index is -0.118. The molecule has 0 saturated carbocycles. The van der Waals surface area contributed by atoms with Crippen LogP contribution < -0.4 is 10.1 Å². The lowest BCUT2D eigenvalue weighted by molar-refractivity contribution is -0.116. The van der Waals surface area contributed by atoms with Gasteiger partial charge in [-0.05, 0) is 37.6 Å². The second-order valence-corrected chi connectivity index (χ2v) is 8.81. The maximum absolute atomic E-state index is 12.6. The molecular weight excluding hydrogens is 412 g/mol. The number of fused-ring (bicyclic) bond motifs is 1. The Hall–Kier alpha value is -2.68. The summed E-state index contributed by atoms with van der Waals surface area (Å²) in [5.41, 5.74) is 3.00. The summed E-state index contributed by atoms with van der Waals surface area (Å²) >= 11 is 1.64. The molecule has 31 heavy (non-hydrogen) atoms. The van der Waals surface area contributed by atoms with Gasteiger partial charge in [-0.2, -0.15) is 0 Å². The quantitative estimate of drug-likeness (QED) is 0.572. The number of hydrogen-bond acceptors (Lipinski definition) is 6. The molecular formula is C23H28N4O3S. The van der Waals surface area contributed by atoms with E-state index in [0.29, 0.717) is 19.8 Å². The zero-order valence-electron chi connectivity index (χ0n) is 18.1. The molecule has 0 aliphatic carbocycles. The molecule has 1 amide bonds. The van der Waals surface area contributed by atoms with Gasteiger partial charge >= 0.3 is 0 Å². The minimum Gasteiger partial charge on any atom is -0.497 e. The summed E-state index contributed by atoms with van der Waals surface area (Å²) < 4.78 is 12.8. The number of ether oxygens (including phenoxy) is 2. The molecule has 1 aliphatic rings. The van der Waals surface area contributed by atoms with E-state index in [0.717, 1.165) is 40.8 Å². The van der Waals surface area contributed by atoms with Crippen molar-refractivity contribution in [3.63, 3.8) is 0 Å². The van der Waals surface area contributed by atoms with Crippen LogP contribution in [0.1, 0.15) is 27.9 Å². The maximum atomic E-state index is 12.6. The molecule has 1 aromatic carbocycles. The first-order valence-electron chi connectivity index (χ1n) is 10.4. The van der Waals surface area contributed by atoms with E-state index in [1.54, 1.807) is 24.5 Å². The molecule has 164 valence electrons. The monoisotopic (exact) mass is 440 g/mol. The predicted molar refractivity (Wildman–Crippen MR) is 123 cm³/mol. The lowest BCUT2D eigenvalue weighted by Crippen LogP contribution is -2.43. The van der Waals surface area contributed by atoms with Crippen LogP contribution in [0.5, 0.6) is 5.75 Å². The van der Waals surface area contributed by atoms with Gasteiger partial charge in [-0.15, -0.1) is 11.3 Å². The summed E-state index contributed by atoms with van der Waals surface area (Å²) in [7, 11) is 1.66. The van der Waals surface area contributed by atoms with E-state index in [1.165, 1.54) is 4.88 Å². The number of carbonyl (C=O) groups excluding carboxylic acids is 1. The third-order valence-electron chi connectivity index (χ3n) is 5.51. The number of amides is 1. The molecule has 7 nitrogen and oxygen atoms in total. The normalized spacial score (nSPS) is 16.1. The van der Waals surface area contributed by atoms with Gasteiger partial charge in [0.25, 0.3) is 0 Å². The van der Waals surface area contributed by atoms with Gasteiger partial charge in [-0.25, -0.2) is 4.98 Å². The fraction of sp³-hybridized carbons (Fsp3) is 0.391. The highest BCUT2D eigenvalue weighted by atomic mass is 32.1. The lowest BCUT2D eigenvalue weighted by Gasteiger charge is -2.34. The van der Waals surface area contributed by atoms with Crippen LogP contribution in [-0.4, -0.2) is 60.1 Å². The van der Waals surface area contributed by atoms with Crippen molar-refractivity contribution >= 4 is 28.3 Å². The second kappa shape index (κ2) is 9.64. The Morgan fingerprint density at radius 2 is 2.03 bits per heavy atom. The van der Waals surface area contributed by atoms with Crippen LogP contribution >= 0.6 is 11.3 Å². The Bertz CT molecular complexity index is 1060. The molecule has 1 fully saturated rings. The Morgan fingerprint density at radius 3 is 2.74 bits per heavy atom. The molecule has 0 spiro atoms. The largest absolute Gasteiger partial charge is 0.497 e. The van der Waals surface area contributed by atoms with Crippen molar-refractivity contribution in [2.75, 3.05) is 40.0 Å². The number of thiazole rings is 1. The number of morpholine rings is 1. The van der Waals surface area contributed by atoms with Crippen LogP contribution in [0.2, 0.25) is 0 Å². The molecule has 1 unspecified atom stereocenters. The van der Waals surface area contributed by atoms with E-state index in [1.807, 2.05) is 29.5 Å². The fourth-order valence-electron chi connectivity index (χ4n) is 3.87. The average molecular weight is 441 g/mol. The number of aromatic nitrogens is 2. The highest BCUT2D eigenvalue weighted by molar-refractivity contribution is 7.17. The summed E-state index contributed by atoms with van der Waals surface area (Å²) in [5.74, 6) is 0.704. The summed E-state index contributed by atoms with van der Waals surface area (Å²) in [6.45, 7) is 7.63. The van der Waals surface area contributed by atoms with Crippen molar-refractivity contribution < 1.29 is 14.3 Å². The molecule has 3 heterocycles. The highest BCUT2D eigenvalue weighted by Crippen LogP contribution is 2.24. The fourth-order valence-corrected chi connectivity index (χ4v) is 4.74. The van der Waals surface area contributed by atoms with E-state index in [-0.39, 0.29) is 11.9 Å². The highest BCUT2D eigenvalue weighted by Gasteiger charge is 2.23. The van der Waals surface area contributed by atoms with Crippen molar-refractivity contribution in [3.8, 4) is 5.75 Å². The summed E-state index contributed by atoms with van der Waals surface area (Å²) in [6.07, 6.45) is 5.48. The number of imidazole rings is 1. The maximum Gasteiger partial charge on any atom is 0.244 e. The number of benzene rings is 1. The number of rotatable bonds is 7. The topological polar surface area (TPSA) is 68.1 Å². The SMILES string of the molecule is COc1ccc(C(CNC(=O)C=Cc2c(C)nc3sc(C)cn23)N2CCOCC2)cc1. The standard InChI is InChI=1S/C23H28N4O3S/c1-16-15-27-20(17(2)25-23(27)31-16)8-9-22(28)24-14-21(26-10-12-30-13-11-26)18-4-6-19(29-3)7-5-18/h4-9,15,21H,10-14H2,1-3H3,(H,24,28). The molecule has 0 radical (unpaired) electrons. The minimum absolute atomic E-state index is 0.0788. The smallest absolute Gasteiger partial charge is 0.244 e. The Morgan fingerprint density at radius 1 is 1.29 bits per heavy atom. The molecule has 0 bridgehead atoms. The van der Waals surface area contributed by atoms with Crippen LogP contribution in [0, 0.1) is 13.8 Å². The first-order chi connectivity index (χ1) is 15.0. The van der Waals surface area contributed by atoms with Crippen molar-refractivity contribution in [2.24, 2.45) is 0 Å². The molecule has 3 aromatic rings. The number of methoxy groups -OCH3 is 1. The third kappa shape index (κ3) is 4.98. The zero-order valence-corrected chi connectivity index (χ0v) is 18.9. The second-order valence-electron chi connectivity index (χ2n) is 7.59. The van der Waals surface area contributed by atoms with E-state index in [2.05, 4.69) is 40.5 Å². The van der Waals surface area contributed by atoms with Gasteiger partial charge < -0.3 is 14.8 Å². The van der Waals surface area contributed by atoms with Crippen molar-refractivity contribution in [1.82, 2.24) is 19.6 Å². The molecule has 8 heteroatoms. The molecule has 1 atom stereocenters. The number of aryl methyl sites for hydroxylation is 2. The molecule has 1 N–H and O–H groups in total. The van der Waals surface area contributed by atoms with Crippen molar-refractivity contribution in [2.45, 2.75) is 19.9 Å². The first-order valence-corrected chi connectivity index (χ1v) is 11.2. The van der Waals surface area contributed by atoms with Crippen molar-refractivity contribution in [3.05, 3.63) is 58.4 Å². The lowest BCUT2D eigenvalue weighted by atomic mass is 10.0. The third-order valence-corrected chi connectivity index (χ3v) is 6.41. The van der Waals surface area contributed by atoms with Gasteiger partial charge in [-0.1, -0.05) is 12.1 Å². The number of nitrogens with one attached hydrogen (secondary N) is 1. The van der Waals surface area contributed by atoms with E-state index < -0.39 is 0 Å². The summed E-state index contributed by atoms with van der Waals surface area (Å²) in [4.78, 5) is 21.7. The average Bonchev–Trinajstić information content (AvgIpc) is 3.28. The van der Waals surface area contributed by atoms with Gasteiger partial charge in [0.2, 0.25) is 5.91 Å². The van der Waals surface area contributed by atoms with Gasteiger partial charge in [0, 0.05) is 36.8 Å². The first kappa shape index (κ1) is 21.5. The Labute approximate surface area is 186 Å². The van der Waals surface area contributed by atoms with Crippen LogP contribution in [0.4, 0.5) is 0 Å². The van der Waals surface area contributed by atoms with Crippen LogP contribution in [0.15, 0.2) is 36.5 Å². The van der Waals surface area contributed by atoms with Gasteiger partial charge in [0.15, 0.2) is 4.96 Å². The number of hydrogen-bond donors (Lipinski definition) is 1. The zero-order chi connectivity index (χ0) is 21.8. The summed E-state index contributed by atoms with van der Waals surface area (Å²) in [6, 6.07) is 8.12. The number of nitrogens with zero attached hydrogens (tertiary/aromatic N) is 3. The van der Waals surface area contributed by atoms with Crippen LogP contribution in [0.3, 0.4) is 0 Å². The number of carbonyl (C=O) groups is 1. The summed E-state index contributed by atoms with van der Waals surface area (Å²) in [5, 5.41) is 3.08. The van der Waals surface area contributed by atoms with Gasteiger partial charge in [0.1, 0.15) is 5.75 Å². The Kier molecular flexibility index (Phi) is 6.70. The van der Waals surface area contributed by atoms with Crippen molar-refractivity contribution in [1.29, 1.82) is 0 Å². The predicted octanol–water partition coefficient (Wildman–Crippen LogP) is 3.22. The van der Waals surface area contributed by atoms with E-state index in [9.17, 15) is 4.79 Å². The molecule has 1 aliphatic heterocycles. The van der Waals surface area contributed by atoms with Crippen LogP contribution in [-0.2, 0) is 9.53 Å². The molecule has 1 saturated heterocycles. The molecule has 2 aromatic heterocycles. The van der Waals surface area contributed by atoms with Crippen LogP contribution in [0.25, 0.3) is 11.0 Å². The Balaban J connectivity index is 1.45. The molecule has 4 rings (SSSR count). The van der Waals surface area contributed by atoms with Gasteiger partial charge in [0.05, 0.1) is 37.8 Å². The van der Waals surface area contributed by atoms with Gasteiger partial charge in [-0.3, -0.25) is 14.1 Å². The van der Waals surface area contributed by atoms with E-state index in [4.69, 9.17) is 9.47 Å². The van der Waals surface area contributed by atoms with E-state index >= 15 is 0 Å².